The van der Waals surface area contributed by atoms with E-state index in [9.17, 15) is 20.2 Å². The zero-order valence-corrected chi connectivity index (χ0v) is 22.4. The van der Waals surface area contributed by atoms with Crippen molar-refractivity contribution in [2.75, 3.05) is 6.54 Å². The normalized spacial score (nSPS) is 11.8. The van der Waals surface area contributed by atoms with Crippen LogP contribution in [0.2, 0.25) is 5.02 Å². The van der Waals surface area contributed by atoms with Gasteiger partial charge >= 0.3 is 0 Å². The van der Waals surface area contributed by atoms with Gasteiger partial charge in [0.1, 0.15) is 23.4 Å². The number of benzene rings is 3. The Morgan fingerprint density at radius 1 is 1.05 bits per heavy atom. The molecule has 3 aromatic carbocycles. The number of non-ortho nitro benzene ring substituents is 1. The van der Waals surface area contributed by atoms with Gasteiger partial charge in [-0.05, 0) is 67.1 Å². The number of ether oxygens (including phenoxy) is 1. The number of nitrogens with zero attached hydrogens (tertiary/aromatic N) is 5. The van der Waals surface area contributed by atoms with Crippen molar-refractivity contribution in [3.05, 3.63) is 113 Å². The van der Waals surface area contributed by atoms with Crippen molar-refractivity contribution in [2.45, 2.75) is 23.9 Å². The smallest absolute Gasteiger partial charge is 0.269 e. The topological polar surface area (TPSA) is 126 Å². The number of aromatic nitrogens is 3. The molecule has 0 amide bonds. The van der Waals surface area contributed by atoms with E-state index in [1.807, 2.05) is 16.7 Å². The van der Waals surface area contributed by atoms with Crippen LogP contribution in [0.3, 0.4) is 0 Å². The van der Waals surface area contributed by atoms with Crippen molar-refractivity contribution < 1.29 is 14.6 Å². The van der Waals surface area contributed by atoms with Crippen LogP contribution in [-0.4, -0.2) is 31.2 Å². The summed E-state index contributed by atoms with van der Waals surface area (Å²) in [6.45, 7) is 1.54. The van der Waals surface area contributed by atoms with E-state index in [1.165, 1.54) is 23.9 Å². The van der Waals surface area contributed by atoms with Gasteiger partial charge in [-0.3, -0.25) is 24.8 Å². The molecule has 0 aliphatic rings. The van der Waals surface area contributed by atoms with Crippen molar-refractivity contribution in [3.8, 4) is 11.4 Å². The van der Waals surface area contributed by atoms with Crippen molar-refractivity contribution in [1.82, 2.24) is 14.8 Å². The maximum Gasteiger partial charge on any atom is 0.269 e. The largest absolute Gasteiger partial charge is 0.489 e. The van der Waals surface area contributed by atoms with E-state index in [-0.39, 0.29) is 23.8 Å². The highest BCUT2D eigenvalue weighted by Crippen LogP contribution is 2.41. The van der Waals surface area contributed by atoms with Crippen LogP contribution in [0.4, 0.5) is 5.69 Å². The molecular formula is C24H19BrClN5O5S. The molecule has 0 N–H and O–H groups in total. The molecule has 0 radical (unpaired) electrons. The molecule has 0 unspecified atom stereocenters. The fourth-order valence-electron chi connectivity index (χ4n) is 3.55. The Balaban J connectivity index is 1.64. The Bertz CT molecular complexity index is 1430. The molecule has 190 valence electrons. The predicted octanol–water partition coefficient (Wildman–Crippen LogP) is 6.59. The van der Waals surface area contributed by atoms with Crippen LogP contribution in [0, 0.1) is 27.2 Å². The van der Waals surface area contributed by atoms with E-state index in [0.29, 0.717) is 27.3 Å². The summed E-state index contributed by atoms with van der Waals surface area (Å²) in [5.41, 5.74) is 2.08. The third kappa shape index (κ3) is 6.64. The first-order valence-corrected chi connectivity index (χ1v) is 12.9. The minimum Gasteiger partial charge on any atom is -0.489 e. The Kier molecular flexibility index (Phi) is 8.41. The average molecular weight is 605 g/mol. The van der Waals surface area contributed by atoms with Crippen molar-refractivity contribution >= 4 is 45.0 Å². The lowest BCUT2D eigenvalue weighted by Crippen LogP contribution is -2.12. The van der Waals surface area contributed by atoms with Gasteiger partial charge in [-0.2, -0.15) is 0 Å². The summed E-state index contributed by atoms with van der Waals surface area (Å²) in [5.74, 6) is 1.07. The van der Waals surface area contributed by atoms with Gasteiger partial charge in [-0.15, -0.1) is 10.2 Å². The van der Waals surface area contributed by atoms with E-state index < -0.39 is 10.2 Å². The summed E-state index contributed by atoms with van der Waals surface area (Å²) in [7, 11) is 0. The van der Waals surface area contributed by atoms with Crippen LogP contribution >= 0.6 is 39.3 Å². The van der Waals surface area contributed by atoms with Gasteiger partial charge in [0.25, 0.3) is 5.69 Å². The molecule has 1 atom stereocenters. The average Bonchev–Trinajstić information content (AvgIpc) is 3.23. The molecule has 0 saturated carbocycles. The summed E-state index contributed by atoms with van der Waals surface area (Å²) < 4.78 is 8.57. The Hall–Kier alpha value is -3.48. The van der Waals surface area contributed by atoms with E-state index in [2.05, 4.69) is 26.1 Å². The van der Waals surface area contributed by atoms with Gasteiger partial charge in [0, 0.05) is 37.8 Å². The molecule has 0 aliphatic heterocycles. The number of halogens is 2. The van der Waals surface area contributed by atoms with E-state index in [1.54, 1.807) is 49.4 Å². The van der Waals surface area contributed by atoms with Crippen LogP contribution in [0.25, 0.3) is 5.69 Å². The number of hydrogen-bond donors (Lipinski definition) is 0. The molecule has 1 heterocycles. The molecule has 0 fully saturated rings. The lowest BCUT2D eigenvalue weighted by Gasteiger charge is -2.18. The molecule has 1 aromatic heterocycles. The summed E-state index contributed by atoms with van der Waals surface area (Å²) in [5, 5.41) is 31.4. The van der Waals surface area contributed by atoms with E-state index >= 15 is 0 Å². The molecule has 37 heavy (non-hydrogen) atoms. The number of nitro benzene ring substituents is 1. The third-order valence-electron chi connectivity index (χ3n) is 5.30. The van der Waals surface area contributed by atoms with Crippen molar-refractivity contribution in [3.63, 3.8) is 0 Å². The van der Waals surface area contributed by atoms with Gasteiger partial charge in [-0.25, -0.2) is 0 Å². The molecular weight excluding hydrogens is 586 g/mol. The first kappa shape index (κ1) is 26.6. The second kappa shape index (κ2) is 11.7. The zero-order valence-electron chi connectivity index (χ0n) is 19.3. The molecule has 0 saturated heterocycles. The Morgan fingerprint density at radius 3 is 2.41 bits per heavy atom. The zero-order chi connectivity index (χ0) is 26.5. The Morgan fingerprint density at radius 2 is 1.76 bits per heavy atom. The molecule has 10 nitrogen and oxygen atoms in total. The fourth-order valence-corrected chi connectivity index (χ4v) is 5.24. The molecule has 13 heteroatoms. The van der Waals surface area contributed by atoms with Gasteiger partial charge in [0.15, 0.2) is 5.16 Å². The predicted molar refractivity (Wildman–Crippen MR) is 143 cm³/mol. The van der Waals surface area contributed by atoms with Crippen LogP contribution < -0.4 is 4.74 Å². The lowest BCUT2D eigenvalue weighted by atomic mass is 10.1. The molecule has 0 aliphatic carbocycles. The quantitative estimate of drug-likeness (QED) is 0.113. The Labute approximate surface area is 229 Å². The summed E-state index contributed by atoms with van der Waals surface area (Å²) in [6.07, 6.45) is 0. The number of hydrogen-bond acceptors (Lipinski definition) is 8. The lowest BCUT2D eigenvalue weighted by molar-refractivity contribution is -0.479. The second-order valence-corrected chi connectivity index (χ2v) is 10.4. The summed E-state index contributed by atoms with van der Waals surface area (Å²) in [4.78, 5) is 21.7. The van der Waals surface area contributed by atoms with Crippen LogP contribution in [-0.2, 0) is 6.61 Å². The molecule has 4 aromatic rings. The highest BCUT2D eigenvalue weighted by Gasteiger charge is 2.27. The fraction of sp³-hybridized carbons (Fsp3) is 0.167. The summed E-state index contributed by atoms with van der Waals surface area (Å²) in [6, 6.07) is 18.5. The number of aryl methyl sites for hydroxylation is 1. The van der Waals surface area contributed by atoms with E-state index in [0.717, 1.165) is 15.7 Å². The number of thioether (sulfide) groups is 1. The van der Waals surface area contributed by atoms with Gasteiger partial charge in [-0.1, -0.05) is 39.3 Å². The SMILES string of the molecule is Cc1nnc(S[C@@H](C[N+](=O)[O-])c2cc(Br)ccc2OCc2ccc([N+](=O)[O-])cc2)n1-c1ccc(Cl)cc1. The van der Waals surface area contributed by atoms with Crippen LogP contribution in [0.15, 0.2) is 76.4 Å². The third-order valence-corrected chi connectivity index (χ3v) is 7.21. The maximum atomic E-state index is 11.7. The number of rotatable bonds is 10. The second-order valence-electron chi connectivity index (χ2n) is 7.86. The first-order valence-electron chi connectivity index (χ1n) is 10.8. The molecule has 0 spiro atoms. The van der Waals surface area contributed by atoms with Gasteiger partial charge < -0.3 is 4.74 Å². The maximum absolute atomic E-state index is 11.7. The number of nitro groups is 2. The highest BCUT2D eigenvalue weighted by atomic mass is 79.9. The van der Waals surface area contributed by atoms with E-state index in [4.69, 9.17) is 16.3 Å². The minimum atomic E-state index is -0.658. The van der Waals surface area contributed by atoms with Gasteiger partial charge in [0.05, 0.1) is 4.92 Å². The monoisotopic (exact) mass is 603 g/mol. The molecule has 4 rings (SSSR count). The first-order chi connectivity index (χ1) is 17.7. The summed E-state index contributed by atoms with van der Waals surface area (Å²) >= 11 is 10.7. The van der Waals surface area contributed by atoms with Gasteiger partial charge in [0.2, 0.25) is 6.54 Å². The highest BCUT2D eigenvalue weighted by molar-refractivity contribution is 9.10. The standard InChI is InChI=1S/C24H19BrClN5O5S/c1-15-27-28-24(30(15)19-9-5-18(26)6-10-19)37-23(13-29(32)33)21-12-17(25)4-11-22(21)36-14-16-2-7-20(8-3-16)31(34)35/h2-12,23H,13-14H2,1H3/t23-/m0/s1. The van der Waals surface area contributed by atoms with Crippen molar-refractivity contribution in [1.29, 1.82) is 0 Å². The van der Waals surface area contributed by atoms with Crippen LogP contribution in [0.5, 0.6) is 5.75 Å². The minimum absolute atomic E-state index is 0.0179. The molecule has 0 bridgehead atoms. The van der Waals surface area contributed by atoms with Crippen molar-refractivity contribution in [2.24, 2.45) is 0 Å². The van der Waals surface area contributed by atoms with Crippen LogP contribution in [0.1, 0.15) is 22.2 Å².